The summed E-state index contributed by atoms with van der Waals surface area (Å²) in [6.45, 7) is 5.04. The monoisotopic (exact) mass is 316 g/mol. The lowest BCUT2D eigenvalue weighted by Crippen LogP contribution is -2.40. The molecule has 20 heavy (non-hydrogen) atoms. The van der Waals surface area contributed by atoms with Crippen molar-refractivity contribution in [1.82, 2.24) is 4.90 Å². The average molecular weight is 317 g/mol. The maximum absolute atomic E-state index is 12.1. The van der Waals surface area contributed by atoms with Crippen LogP contribution in [0.4, 0.5) is 5.69 Å². The highest BCUT2D eigenvalue weighted by Crippen LogP contribution is 2.25. The van der Waals surface area contributed by atoms with E-state index in [0.717, 1.165) is 12.8 Å². The molecular formula is C14H18Cl2N2O2. The summed E-state index contributed by atoms with van der Waals surface area (Å²) in [5, 5.41) is 3.28. The second-order valence-electron chi connectivity index (χ2n) is 4.37. The highest BCUT2D eigenvalue weighted by Gasteiger charge is 2.21. The first kappa shape index (κ1) is 16.8. The predicted molar refractivity (Wildman–Crippen MR) is 82.3 cm³/mol. The van der Waals surface area contributed by atoms with Gasteiger partial charge >= 0.3 is 11.8 Å². The van der Waals surface area contributed by atoms with Crippen molar-refractivity contribution in [2.45, 2.75) is 26.7 Å². The minimum Gasteiger partial charge on any atom is -0.334 e. The van der Waals surface area contributed by atoms with E-state index in [2.05, 4.69) is 5.32 Å². The zero-order valence-electron chi connectivity index (χ0n) is 11.6. The average Bonchev–Trinajstić information content (AvgIpc) is 2.41. The molecule has 0 aromatic heterocycles. The predicted octanol–water partition coefficient (Wildman–Crippen LogP) is 3.58. The van der Waals surface area contributed by atoms with Crippen LogP contribution in [-0.4, -0.2) is 29.8 Å². The van der Waals surface area contributed by atoms with Crippen LogP contribution in [0.3, 0.4) is 0 Å². The second kappa shape index (κ2) is 8.12. The smallest absolute Gasteiger partial charge is 0.313 e. The van der Waals surface area contributed by atoms with E-state index in [0.29, 0.717) is 28.8 Å². The molecule has 0 aliphatic carbocycles. The Hall–Kier alpha value is -1.26. The highest BCUT2D eigenvalue weighted by atomic mass is 35.5. The van der Waals surface area contributed by atoms with Gasteiger partial charge in [-0.25, -0.2) is 0 Å². The molecule has 0 aliphatic heterocycles. The van der Waals surface area contributed by atoms with Crippen LogP contribution in [0.5, 0.6) is 0 Å². The Kier molecular flexibility index (Phi) is 6.82. The van der Waals surface area contributed by atoms with E-state index in [9.17, 15) is 9.59 Å². The second-order valence-corrected chi connectivity index (χ2v) is 5.21. The van der Waals surface area contributed by atoms with Gasteiger partial charge in [-0.2, -0.15) is 0 Å². The number of nitrogens with one attached hydrogen (secondary N) is 1. The molecule has 1 aromatic rings. The van der Waals surface area contributed by atoms with E-state index in [-0.39, 0.29) is 0 Å². The van der Waals surface area contributed by atoms with Crippen LogP contribution in [0.25, 0.3) is 0 Å². The van der Waals surface area contributed by atoms with E-state index in [1.165, 1.54) is 11.0 Å². The lowest BCUT2D eigenvalue weighted by molar-refractivity contribution is -0.143. The maximum Gasteiger partial charge on any atom is 0.313 e. The highest BCUT2D eigenvalue weighted by molar-refractivity contribution is 6.42. The molecule has 0 unspecified atom stereocenters. The van der Waals surface area contributed by atoms with Gasteiger partial charge in [0.05, 0.1) is 10.7 Å². The van der Waals surface area contributed by atoms with Crippen LogP contribution >= 0.6 is 23.2 Å². The molecule has 1 aromatic carbocycles. The molecule has 0 saturated heterocycles. The fourth-order valence-electron chi connectivity index (χ4n) is 1.77. The van der Waals surface area contributed by atoms with Gasteiger partial charge in [-0.05, 0) is 31.0 Å². The number of rotatable bonds is 5. The summed E-state index contributed by atoms with van der Waals surface area (Å²) >= 11 is 11.8. The van der Waals surface area contributed by atoms with Crippen LogP contribution in [-0.2, 0) is 9.59 Å². The van der Waals surface area contributed by atoms with Gasteiger partial charge in [-0.15, -0.1) is 0 Å². The Balaban J connectivity index is 2.78. The normalized spacial score (nSPS) is 10.2. The van der Waals surface area contributed by atoms with Crippen molar-refractivity contribution in [2.24, 2.45) is 0 Å². The molecule has 0 bridgehead atoms. The Labute approximate surface area is 129 Å². The molecule has 0 heterocycles. The van der Waals surface area contributed by atoms with Crippen molar-refractivity contribution in [2.75, 3.05) is 18.4 Å². The molecule has 6 heteroatoms. The molecule has 0 radical (unpaired) electrons. The Bertz CT molecular complexity index is 486. The zero-order chi connectivity index (χ0) is 15.1. The molecule has 2 amide bonds. The van der Waals surface area contributed by atoms with Crippen LogP contribution in [0.1, 0.15) is 26.7 Å². The van der Waals surface area contributed by atoms with E-state index in [1.807, 2.05) is 13.8 Å². The molecule has 4 nitrogen and oxygen atoms in total. The summed E-state index contributed by atoms with van der Waals surface area (Å²) in [7, 11) is 0. The number of anilines is 1. The number of amides is 2. The summed E-state index contributed by atoms with van der Waals surface area (Å²) in [5.74, 6) is -1.25. The van der Waals surface area contributed by atoms with Crippen molar-refractivity contribution >= 4 is 40.7 Å². The van der Waals surface area contributed by atoms with E-state index < -0.39 is 11.8 Å². The third-order valence-corrected chi connectivity index (χ3v) is 3.21. The van der Waals surface area contributed by atoms with Gasteiger partial charge in [0.1, 0.15) is 0 Å². The number of halogens is 2. The minimum absolute atomic E-state index is 0.338. The van der Waals surface area contributed by atoms with Crippen molar-refractivity contribution in [3.63, 3.8) is 0 Å². The lowest BCUT2D eigenvalue weighted by atomic mass is 10.3. The molecule has 1 rings (SSSR count). The first-order valence-electron chi connectivity index (χ1n) is 6.54. The largest absolute Gasteiger partial charge is 0.334 e. The van der Waals surface area contributed by atoms with Crippen LogP contribution in [0.2, 0.25) is 10.0 Å². The molecule has 1 N–H and O–H groups in total. The quantitative estimate of drug-likeness (QED) is 0.844. The molecule has 110 valence electrons. The van der Waals surface area contributed by atoms with Gasteiger partial charge < -0.3 is 10.2 Å². The van der Waals surface area contributed by atoms with Gasteiger partial charge in [-0.3, -0.25) is 9.59 Å². The zero-order valence-corrected chi connectivity index (χ0v) is 13.1. The first-order chi connectivity index (χ1) is 9.49. The number of carbonyl (C=O) groups is 2. The summed E-state index contributed by atoms with van der Waals surface area (Å²) in [6, 6.07) is 4.70. The third-order valence-electron chi connectivity index (χ3n) is 2.65. The van der Waals surface area contributed by atoms with Crippen molar-refractivity contribution < 1.29 is 9.59 Å². The number of carbonyl (C=O) groups excluding carboxylic acids is 2. The Morgan fingerprint density at radius 3 is 2.30 bits per heavy atom. The molecule has 0 fully saturated rings. The van der Waals surface area contributed by atoms with Crippen LogP contribution in [0, 0.1) is 0 Å². The molecule has 0 saturated carbocycles. The number of nitrogens with zero attached hydrogens (tertiary/aromatic N) is 1. The van der Waals surface area contributed by atoms with Gasteiger partial charge in [0.2, 0.25) is 0 Å². The summed E-state index contributed by atoms with van der Waals surface area (Å²) in [4.78, 5) is 25.6. The first-order valence-corrected chi connectivity index (χ1v) is 7.30. The van der Waals surface area contributed by atoms with E-state index in [4.69, 9.17) is 23.2 Å². The summed E-state index contributed by atoms with van der Waals surface area (Å²) in [6.07, 6.45) is 1.61. The van der Waals surface area contributed by atoms with Gasteiger partial charge in [-0.1, -0.05) is 37.0 Å². The summed E-state index contributed by atoms with van der Waals surface area (Å²) < 4.78 is 0. The standard InChI is InChI=1S/C14H18Cl2N2O2/c1-3-7-18(8-4-2)14(20)13(19)17-12-9-10(15)5-6-11(12)16/h5-6,9H,3-4,7-8H2,1-2H3,(H,17,19). The van der Waals surface area contributed by atoms with Crippen LogP contribution in [0.15, 0.2) is 18.2 Å². The van der Waals surface area contributed by atoms with Crippen molar-refractivity contribution in [3.8, 4) is 0 Å². The number of benzene rings is 1. The maximum atomic E-state index is 12.1. The fourth-order valence-corrected chi connectivity index (χ4v) is 2.10. The number of hydrogen-bond donors (Lipinski definition) is 1. The third kappa shape index (κ3) is 4.69. The molecule has 0 spiro atoms. The Morgan fingerprint density at radius 2 is 1.75 bits per heavy atom. The SMILES string of the molecule is CCCN(CCC)C(=O)C(=O)Nc1cc(Cl)ccc1Cl. The molecule has 0 atom stereocenters. The Morgan fingerprint density at radius 1 is 1.15 bits per heavy atom. The molecule has 0 aliphatic rings. The van der Waals surface area contributed by atoms with Gasteiger partial charge in [0, 0.05) is 18.1 Å². The van der Waals surface area contributed by atoms with Crippen molar-refractivity contribution in [3.05, 3.63) is 28.2 Å². The van der Waals surface area contributed by atoms with Gasteiger partial charge in [0.15, 0.2) is 0 Å². The fraction of sp³-hybridized carbons (Fsp3) is 0.429. The lowest BCUT2D eigenvalue weighted by Gasteiger charge is -2.20. The van der Waals surface area contributed by atoms with Crippen LogP contribution < -0.4 is 5.32 Å². The van der Waals surface area contributed by atoms with Crippen molar-refractivity contribution in [1.29, 1.82) is 0 Å². The van der Waals surface area contributed by atoms with E-state index >= 15 is 0 Å². The molecular weight excluding hydrogens is 299 g/mol. The topological polar surface area (TPSA) is 49.4 Å². The summed E-state index contributed by atoms with van der Waals surface area (Å²) in [5.41, 5.74) is 0.338. The number of hydrogen-bond acceptors (Lipinski definition) is 2. The van der Waals surface area contributed by atoms with Gasteiger partial charge in [0.25, 0.3) is 0 Å². The van der Waals surface area contributed by atoms with E-state index in [1.54, 1.807) is 12.1 Å². The minimum atomic E-state index is -0.698.